The van der Waals surface area contributed by atoms with Crippen LogP contribution in [0.5, 0.6) is 0 Å². The first kappa shape index (κ1) is 12.0. The van der Waals surface area contributed by atoms with E-state index in [9.17, 15) is 0 Å². The van der Waals surface area contributed by atoms with Gasteiger partial charge in [-0.15, -0.1) is 0 Å². The third kappa shape index (κ3) is 2.78. The molecule has 2 aromatic rings. The molecule has 2 heterocycles. The fraction of sp³-hybridized carbons (Fsp3) is 0.182. The Kier molecular flexibility index (Phi) is 3.36. The van der Waals surface area contributed by atoms with Crippen LogP contribution in [0.25, 0.3) is 0 Å². The molecule has 0 aliphatic heterocycles. The number of aromatic nitrogens is 2. The average molecular weight is 266 g/mol. The van der Waals surface area contributed by atoms with Gasteiger partial charge in [0.15, 0.2) is 0 Å². The van der Waals surface area contributed by atoms with Crippen molar-refractivity contribution in [3.8, 4) is 6.07 Å². The van der Waals surface area contributed by atoms with Gasteiger partial charge in [0.2, 0.25) is 0 Å². The van der Waals surface area contributed by atoms with Gasteiger partial charge in [0.05, 0.1) is 17.3 Å². The number of halogens is 1. The largest absolute Gasteiger partial charge is 0.436 e. The lowest BCUT2D eigenvalue weighted by Gasteiger charge is -1.98. The molecule has 0 fully saturated rings. The van der Waals surface area contributed by atoms with Crippen LogP contribution in [0, 0.1) is 25.2 Å². The second kappa shape index (κ2) is 4.78. The summed E-state index contributed by atoms with van der Waals surface area (Å²) in [6.45, 7) is 3.72. The van der Waals surface area contributed by atoms with Crippen LogP contribution in [0.1, 0.15) is 17.0 Å². The fourth-order valence-corrected chi connectivity index (χ4v) is 2.28. The molecule has 0 bridgehead atoms. The molecule has 0 saturated carbocycles. The Morgan fingerprint density at radius 2 is 2.12 bits per heavy atom. The molecule has 2 rings (SSSR count). The van der Waals surface area contributed by atoms with Crippen molar-refractivity contribution in [1.29, 1.82) is 5.26 Å². The predicted octanol–water partition coefficient (Wildman–Crippen LogP) is 3.36. The SMILES string of the molecule is Cc1nc(Sc2cc(C#N)cc(Cl)n2)oc1C. The minimum absolute atomic E-state index is 0.284. The first-order valence-corrected chi connectivity index (χ1v) is 5.97. The summed E-state index contributed by atoms with van der Waals surface area (Å²) in [5, 5.41) is 10.2. The maximum atomic E-state index is 8.82. The zero-order valence-corrected chi connectivity index (χ0v) is 10.8. The van der Waals surface area contributed by atoms with Crippen LogP contribution >= 0.6 is 23.4 Å². The van der Waals surface area contributed by atoms with E-state index in [4.69, 9.17) is 21.3 Å². The van der Waals surface area contributed by atoms with Gasteiger partial charge in [-0.25, -0.2) is 9.97 Å². The molecule has 4 nitrogen and oxygen atoms in total. The van der Waals surface area contributed by atoms with E-state index in [0.717, 1.165) is 11.5 Å². The van der Waals surface area contributed by atoms with Gasteiger partial charge in [-0.05, 0) is 37.7 Å². The first-order chi connectivity index (χ1) is 8.08. The standard InChI is InChI=1S/C11H8ClN3OS/c1-6-7(2)16-11(14-6)17-10-4-8(5-13)3-9(12)15-10/h3-4H,1-2H3. The molecular weight excluding hydrogens is 258 g/mol. The molecule has 0 amide bonds. The molecule has 0 aromatic carbocycles. The van der Waals surface area contributed by atoms with Crippen molar-refractivity contribution < 1.29 is 4.42 Å². The van der Waals surface area contributed by atoms with E-state index in [2.05, 4.69) is 9.97 Å². The topological polar surface area (TPSA) is 62.7 Å². The van der Waals surface area contributed by atoms with Crippen molar-refractivity contribution >= 4 is 23.4 Å². The molecule has 0 unspecified atom stereocenters. The van der Waals surface area contributed by atoms with Crippen molar-refractivity contribution in [1.82, 2.24) is 9.97 Å². The van der Waals surface area contributed by atoms with Gasteiger partial charge < -0.3 is 4.42 Å². The summed E-state index contributed by atoms with van der Waals surface area (Å²) in [5.74, 6) is 0.773. The Bertz CT molecular complexity index is 584. The first-order valence-electron chi connectivity index (χ1n) is 4.78. The van der Waals surface area contributed by atoms with Crippen molar-refractivity contribution in [2.75, 3.05) is 0 Å². The lowest BCUT2D eigenvalue weighted by Crippen LogP contribution is -1.84. The molecule has 86 valence electrons. The van der Waals surface area contributed by atoms with Gasteiger partial charge in [0.25, 0.3) is 5.22 Å². The summed E-state index contributed by atoms with van der Waals surface area (Å²) in [6, 6.07) is 5.18. The summed E-state index contributed by atoms with van der Waals surface area (Å²) in [7, 11) is 0. The van der Waals surface area contributed by atoms with Crippen molar-refractivity contribution in [3.05, 3.63) is 34.3 Å². The van der Waals surface area contributed by atoms with E-state index in [0.29, 0.717) is 15.8 Å². The normalized spacial score (nSPS) is 10.2. The predicted molar refractivity (Wildman–Crippen MR) is 64.1 cm³/mol. The monoisotopic (exact) mass is 265 g/mol. The third-order valence-electron chi connectivity index (χ3n) is 2.10. The highest BCUT2D eigenvalue weighted by Crippen LogP contribution is 2.28. The van der Waals surface area contributed by atoms with Gasteiger partial charge in [0, 0.05) is 0 Å². The molecule has 2 aromatic heterocycles. The molecule has 0 N–H and O–H groups in total. The highest BCUT2D eigenvalue weighted by atomic mass is 35.5. The van der Waals surface area contributed by atoms with Gasteiger partial charge in [-0.3, -0.25) is 0 Å². The molecule has 0 spiro atoms. The van der Waals surface area contributed by atoms with Crippen molar-refractivity contribution in [3.63, 3.8) is 0 Å². The van der Waals surface area contributed by atoms with Crippen LogP contribution in [0.4, 0.5) is 0 Å². The summed E-state index contributed by atoms with van der Waals surface area (Å²) >= 11 is 7.05. The number of nitriles is 1. The van der Waals surface area contributed by atoms with Crippen LogP contribution in [-0.4, -0.2) is 9.97 Å². The highest BCUT2D eigenvalue weighted by Gasteiger charge is 2.09. The zero-order chi connectivity index (χ0) is 12.4. The maximum absolute atomic E-state index is 8.82. The summed E-state index contributed by atoms with van der Waals surface area (Å²) in [6.07, 6.45) is 0. The maximum Gasteiger partial charge on any atom is 0.262 e. The third-order valence-corrected chi connectivity index (χ3v) is 3.06. The van der Waals surface area contributed by atoms with Crippen LogP contribution in [0.15, 0.2) is 26.8 Å². The minimum atomic E-state index is 0.284. The van der Waals surface area contributed by atoms with Gasteiger partial charge >= 0.3 is 0 Å². The van der Waals surface area contributed by atoms with E-state index in [1.54, 1.807) is 6.07 Å². The number of pyridine rings is 1. The Morgan fingerprint density at radius 3 is 2.71 bits per heavy atom. The second-order valence-corrected chi connectivity index (χ2v) is 4.71. The van der Waals surface area contributed by atoms with Crippen LogP contribution in [0.3, 0.4) is 0 Å². The lowest BCUT2D eigenvalue weighted by atomic mass is 10.3. The Morgan fingerprint density at radius 1 is 1.35 bits per heavy atom. The van der Waals surface area contributed by atoms with E-state index in [1.165, 1.54) is 17.8 Å². The second-order valence-electron chi connectivity index (χ2n) is 3.35. The van der Waals surface area contributed by atoms with E-state index in [-0.39, 0.29) is 5.15 Å². The number of oxazole rings is 1. The molecule has 17 heavy (non-hydrogen) atoms. The smallest absolute Gasteiger partial charge is 0.262 e. The minimum Gasteiger partial charge on any atom is -0.436 e. The van der Waals surface area contributed by atoms with Gasteiger partial charge in [-0.1, -0.05) is 11.6 Å². The van der Waals surface area contributed by atoms with Crippen LogP contribution in [0.2, 0.25) is 5.15 Å². The average Bonchev–Trinajstić information content (AvgIpc) is 2.57. The molecule has 0 saturated heterocycles. The molecule has 0 radical (unpaired) electrons. The Balaban J connectivity index is 2.30. The molecular formula is C11H8ClN3OS. The van der Waals surface area contributed by atoms with Gasteiger partial charge in [-0.2, -0.15) is 5.26 Å². The van der Waals surface area contributed by atoms with Crippen LogP contribution in [-0.2, 0) is 0 Å². The quantitative estimate of drug-likeness (QED) is 0.779. The van der Waals surface area contributed by atoms with Crippen molar-refractivity contribution in [2.24, 2.45) is 0 Å². The highest BCUT2D eigenvalue weighted by molar-refractivity contribution is 7.99. The Hall–Kier alpha value is -1.51. The van der Waals surface area contributed by atoms with Crippen LogP contribution < -0.4 is 0 Å². The van der Waals surface area contributed by atoms with E-state index in [1.807, 2.05) is 19.9 Å². The number of rotatable bonds is 2. The summed E-state index contributed by atoms with van der Waals surface area (Å²) in [4.78, 5) is 8.31. The molecule has 0 atom stereocenters. The lowest BCUT2D eigenvalue weighted by molar-refractivity contribution is 0.431. The number of nitrogens with zero attached hydrogens (tertiary/aromatic N) is 3. The van der Waals surface area contributed by atoms with Crippen molar-refractivity contribution in [2.45, 2.75) is 24.1 Å². The molecule has 0 aliphatic carbocycles. The number of aryl methyl sites for hydroxylation is 2. The van der Waals surface area contributed by atoms with E-state index < -0.39 is 0 Å². The Labute approximate surface area is 108 Å². The van der Waals surface area contributed by atoms with Gasteiger partial charge in [0.1, 0.15) is 15.9 Å². The zero-order valence-electron chi connectivity index (χ0n) is 9.19. The molecule has 6 heteroatoms. The van der Waals surface area contributed by atoms with E-state index >= 15 is 0 Å². The summed E-state index contributed by atoms with van der Waals surface area (Å²) in [5.41, 5.74) is 1.31. The number of hydrogen-bond acceptors (Lipinski definition) is 5. The number of hydrogen-bond donors (Lipinski definition) is 0. The fourth-order valence-electron chi connectivity index (χ4n) is 1.17. The molecule has 0 aliphatic rings. The summed E-state index contributed by atoms with van der Waals surface area (Å²) < 4.78 is 5.42.